The number of nitrogens with zero attached hydrogens (tertiary/aromatic N) is 1. The van der Waals surface area contributed by atoms with Crippen LogP contribution in [0.25, 0.3) is 42.2 Å². The molecule has 0 fully saturated rings. The van der Waals surface area contributed by atoms with Crippen molar-refractivity contribution in [1.82, 2.24) is 4.98 Å². The molecular formula is C30H33NSSi. The van der Waals surface area contributed by atoms with E-state index in [0.29, 0.717) is 5.92 Å². The lowest BCUT2D eigenvalue weighted by Gasteiger charge is -2.19. The average molecular weight is 468 g/mol. The van der Waals surface area contributed by atoms with Gasteiger partial charge in [-0.05, 0) is 65.8 Å². The molecule has 3 heteroatoms. The molecule has 2 aromatic heterocycles. The van der Waals surface area contributed by atoms with Gasteiger partial charge in [0.05, 0.1) is 18.5 Å². The number of pyridine rings is 1. The van der Waals surface area contributed by atoms with Crippen LogP contribution in [-0.2, 0) is 0 Å². The molecule has 168 valence electrons. The van der Waals surface area contributed by atoms with Crippen molar-refractivity contribution in [2.45, 2.75) is 59.2 Å². The standard InChI is InChI=1S/C30H33NSSi/c1-7-20(8-2)26-18-22(17-21-11-9-10-12-23(21)26)28-30-25(15-16-31-28)24-13-14-27(33(4,5)6)19(3)29(24)32-30/h9-18,20H,7-8H2,1-6H3. The summed E-state index contributed by atoms with van der Waals surface area (Å²) in [6, 6.07) is 20.6. The summed E-state index contributed by atoms with van der Waals surface area (Å²) in [7, 11) is -1.39. The van der Waals surface area contributed by atoms with Crippen LogP contribution in [0.2, 0.25) is 19.6 Å². The molecular weight excluding hydrogens is 434 g/mol. The molecule has 0 N–H and O–H groups in total. The Balaban J connectivity index is 1.80. The van der Waals surface area contributed by atoms with Gasteiger partial charge >= 0.3 is 0 Å². The second-order valence-electron chi connectivity index (χ2n) is 10.3. The Bertz CT molecular complexity index is 1480. The van der Waals surface area contributed by atoms with Crippen LogP contribution in [0.1, 0.15) is 43.7 Å². The Kier molecular flexibility index (Phi) is 5.66. The minimum absolute atomic E-state index is 0.568. The fraction of sp³-hybridized carbons (Fsp3) is 0.300. The lowest BCUT2D eigenvalue weighted by Crippen LogP contribution is -2.39. The zero-order valence-electron chi connectivity index (χ0n) is 20.6. The maximum absolute atomic E-state index is 4.95. The molecule has 3 aromatic carbocycles. The highest BCUT2D eigenvalue weighted by Crippen LogP contribution is 2.42. The van der Waals surface area contributed by atoms with Crippen LogP contribution in [0.3, 0.4) is 0 Å². The van der Waals surface area contributed by atoms with Gasteiger partial charge < -0.3 is 0 Å². The SMILES string of the molecule is CCC(CC)c1cc(-c2nccc3c2sc2c(C)c([Si](C)(C)C)ccc23)cc2ccccc12. The van der Waals surface area contributed by atoms with Gasteiger partial charge in [0.1, 0.15) is 0 Å². The molecule has 0 saturated heterocycles. The predicted molar refractivity (Wildman–Crippen MR) is 151 cm³/mol. The van der Waals surface area contributed by atoms with Crippen molar-refractivity contribution in [3.05, 3.63) is 71.9 Å². The minimum atomic E-state index is -1.39. The Morgan fingerprint density at radius 1 is 0.848 bits per heavy atom. The number of aryl methyl sites for hydroxylation is 1. The van der Waals surface area contributed by atoms with Gasteiger partial charge in [-0.1, -0.05) is 75.1 Å². The van der Waals surface area contributed by atoms with Crippen molar-refractivity contribution >= 4 is 55.5 Å². The average Bonchev–Trinajstić information content (AvgIpc) is 3.19. The van der Waals surface area contributed by atoms with E-state index in [1.54, 1.807) is 5.19 Å². The Hall–Kier alpha value is -2.49. The second-order valence-corrected chi connectivity index (χ2v) is 16.4. The van der Waals surface area contributed by atoms with Gasteiger partial charge in [0.25, 0.3) is 0 Å². The van der Waals surface area contributed by atoms with E-state index >= 15 is 0 Å². The monoisotopic (exact) mass is 467 g/mol. The summed E-state index contributed by atoms with van der Waals surface area (Å²) in [4.78, 5) is 4.95. The largest absolute Gasteiger partial charge is 0.255 e. The van der Waals surface area contributed by atoms with Gasteiger partial charge in [0.15, 0.2) is 0 Å². The predicted octanol–water partition coefficient (Wildman–Crippen LogP) is 9.03. The molecule has 5 aromatic rings. The first-order valence-electron chi connectivity index (χ1n) is 12.2. The number of rotatable bonds is 5. The molecule has 0 aliphatic carbocycles. The van der Waals surface area contributed by atoms with Crippen molar-refractivity contribution in [3.8, 4) is 11.3 Å². The lowest BCUT2D eigenvalue weighted by molar-refractivity contribution is 0.647. The molecule has 2 heterocycles. The van der Waals surface area contributed by atoms with E-state index in [9.17, 15) is 0 Å². The third-order valence-corrected chi connectivity index (χ3v) is 10.7. The van der Waals surface area contributed by atoms with E-state index in [2.05, 4.69) is 95.0 Å². The number of hydrogen-bond donors (Lipinski definition) is 0. The number of fused-ring (bicyclic) bond motifs is 4. The fourth-order valence-electron chi connectivity index (χ4n) is 5.46. The number of thiophene rings is 1. The van der Waals surface area contributed by atoms with Crippen LogP contribution in [0.15, 0.2) is 60.8 Å². The molecule has 0 unspecified atom stereocenters. The smallest absolute Gasteiger partial charge is 0.0880 e. The maximum Gasteiger partial charge on any atom is 0.0880 e. The molecule has 33 heavy (non-hydrogen) atoms. The summed E-state index contributed by atoms with van der Waals surface area (Å²) in [5.74, 6) is 0.568. The van der Waals surface area contributed by atoms with Crippen LogP contribution in [-0.4, -0.2) is 13.1 Å². The molecule has 0 amide bonds. The molecule has 5 rings (SSSR count). The normalized spacial score (nSPS) is 12.5. The number of aromatic nitrogens is 1. The molecule has 0 radical (unpaired) electrons. The zero-order valence-corrected chi connectivity index (χ0v) is 22.4. The van der Waals surface area contributed by atoms with Gasteiger partial charge in [-0.15, -0.1) is 11.3 Å². The van der Waals surface area contributed by atoms with Gasteiger partial charge in [-0.25, -0.2) is 0 Å². The first-order chi connectivity index (χ1) is 15.8. The van der Waals surface area contributed by atoms with E-state index < -0.39 is 8.07 Å². The van der Waals surface area contributed by atoms with E-state index in [0.717, 1.165) is 18.5 Å². The Labute approximate surface area is 202 Å². The van der Waals surface area contributed by atoms with Crippen LogP contribution in [0.4, 0.5) is 0 Å². The highest BCUT2D eigenvalue weighted by molar-refractivity contribution is 7.26. The van der Waals surface area contributed by atoms with Crippen LogP contribution < -0.4 is 5.19 Å². The molecule has 0 atom stereocenters. The first kappa shape index (κ1) is 22.3. The summed E-state index contributed by atoms with van der Waals surface area (Å²) in [6.07, 6.45) is 4.31. The van der Waals surface area contributed by atoms with Gasteiger partial charge in [0.2, 0.25) is 0 Å². The van der Waals surface area contributed by atoms with Crippen molar-refractivity contribution < 1.29 is 0 Å². The molecule has 0 saturated carbocycles. The van der Waals surface area contributed by atoms with Crippen LogP contribution in [0, 0.1) is 6.92 Å². The quantitative estimate of drug-likeness (QED) is 0.235. The Morgan fingerprint density at radius 3 is 2.30 bits per heavy atom. The third kappa shape index (κ3) is 3.72. The topological polar surface area (TPSA) is 12.9 Å². The highest BCUT2D eigenvalue weighted by Gasteiger charge is 2.22. The molecule has 0 spiro atoms. The number of benzene rings is 3. The van der Waals surface area contributed by atoms with E-state index in [1.807, 2.05) is 17.5 Å². The van der Waals surface area contributed by atoms with Crippen molar-refractivity contribution in [3.63, 3.8) is 0 Å². The highest BCUT2D eigenvalue weighted by atomic mass is 32.1. The van der Waals surface area contributed by atoms with Crippen molar-refractivity contribution in [1.29, 1.82) is 0 Å². The van der Waals surface area contributed by atoms with E-state index in [4.69, 9.17) is 4.98 Å². The van der Waals surface area contributed by atoms with Gasteiger partial charge in [0, 0.05) is 27.2 Å². The van der Waals surface area contributed by atoms with E-state index in [-0.39, 0.29) is 0 Å². The van der Waals surface area contributed by atoms with Gasteiger partial charge in [-0.2, -0.15) is 0 Å². The first-order valence-corrected chi connectivity index (χ1v) is 16.5. The lowest BCUT2D eigenvalue weighted by atomic mass is 9.87. The summed E-state index contributed by atoms with van der Waals surface area (Å²) < 4.78 is 2.74. The van der Waals surface area contributed by atoms with E-state index in [1.165, 1.54) is 47.6 Å². The maximum atomic E-state index is 4.95. The molecule has 1 nitrogen and oxygen atoms in total. The number of hydrogen-bond acceptors (Lipinski definition) is 2. The summed E-state index contributed by atoms with van der Waals surface area (Å²) in [5.41, 5.74) is 5.30. The van der Waals surface area contributed by atoms with Crippen molar-refractivity contribution in [2.75, 3.05) is 0 Å². The van der Waals surface area contributed by atoms with Crippen molar-refractivity contribution in [2.24, 2.45) is 0 Å². The molecule has 0 bridgehead atoms. The molecule has 0 aliphatic heterocycles. The zero-order chi connectivity index (χ0) is 23.3. The minimum Gasteiger partial charge on any atom is -0.255 e. The van der Waals surface area contributed by atoms with Crippen LogP contribution >= 0.6 is 11.3 Å². The fourth-order valence-corrected chi connectivity index (χ4v) is 8.70. The Morgan fingerprint density at radius 2 is 1.58 bits per heavy atom. The third-order valence-electron chi connectivity index (χ3n) is 7.21. The summed E-state index contributed by atoms with van der Waals surface area (Å²) >= 11 is 1.93. The van der Waals surface area contributed by atoms with Gasteiger partial charge in [-0.3, -0.25) is 4.98 Å². The van der Waals surface area contributed by atoms with Crippen LogP contribution in [0.5, 0.6) is 0 Å². The second kappa shape index (κ2) is 8.38. The molecule has 0 aliphatic rings. The summed E-state index contributed by atoms with van der Waals surface area (Å²) in [6.45, 7) is 14.3. The summed E-state index contributed by atoms with van der Waals surface area (Å²) in [5, 5.41) is 6.97.